The van der Waals surface area contributed by atoms with E-state index in [0.717, 1.165) is 19.3 Å². The largest absolute Gasteiger partial charge is 0.229 e. The van der Waals surface area contributed by atoms with Crippen molar-refractivity contribution >= 4 is 0 Å². The summed E-state index contributed by atoms with van der Waals surface area (Å²) >= 11 is 0. The normalized spacial score (nSPS) is 24.1. The molecule has 1 radical (unpaired) electrons. The minimum atomic E-state index is -0.595. The molecule has 1 aliphatic carbocycles. The van der Waals surface area contributed by atoms with Gasteiger partial charge in [0.25, 0.3) is 0 Å². The Morgan fingerprint density at radius 1 is 1.62 bits per heavy atom. The van der Waals surface area contributed by atoms with E-state index in [-0.39, 0.29) is 0 Å². The molecule has 0 bridgehead atoms. The Bertz CT molecular complexity index is 92.6. The first kappa shape index (κ1) is 5.83. The molecule has 0 saturated heterocycles. The van der Waals surface area contributed by atoms with E-state index in [1.807, 2.05) is 0 Å². The van der Waals surface area contributed by atoms with E-state index in [1.165, 1.54) is 0 Å². The molecule has 1 aliphatic rings. The van der Waals surface area contributed by atoms with Crippen LogP contribution < -0.4 is 0 Å². The Balaban J connectivity index is 2.29. The highest BCUT2D eigenvalue weighted by Gasteiger charge is 2.34. The molecule has 1 rings (SSSR count). The third-order valence-corrected chi connectivity index (χ3v) is 1.78. The molecule has 0 heterocycles. The van der Waals surface area contributed by atoms with Crippen molar-refractivity contribution in [3.8, 4) is 0 Å². The summed E-state index contributed by atoms with van der Waals surface area (Å²) in [7, 11) is 0. The highest BCUT2D eigenvalue weighted by Crippen LogP contribution is 2.35. The lowest BCUT2D eigenvalue weighted by molar-refractivity contribution is -0.0883. The highest BCUT2D eigenvalue weighted by atomic mass is 16.3. The maximum absolute atomic E-state index is 11.1. The van der Waals surface area contributed by atoms with Crippen LogP contribution in [0.4, 0.5) is 0 Å². The lowest BCUT2D eigenvalue weighted by Crippen LogP contribution is -2.34. The summed E-state index contributed by atoms with van der Waals surface area (Å²) in [6, 6.07) is 0. The Morgan fingerprint density at radius 2 is 2.25 bits per heavy atom. The van der Waals surface area contributed by atoms with Gasteiger partial charge in [-0.05, 0) is 25.7 Å². The number of rotatable bonds is 2. The van der Waals surface area contributed by atoms with Crippen molar-refractivity contribution in [1.29, 1.82) is 0 Å². The van der Waals surface area contributed by atoms with E-state index in [4.69, 9.17) is 0 Å². The van der Waals surface area contributed by atoms with Crippen molar-refractivity contribution in [1.82, 2.24) is 0 Å². The lowest BCUT2D eigenvalue weighted by Gasteiger charge is -2.32. The van der Waals surface area contributed by atoms with Crippen LogP contribution in [-0.2, 0) is 5.11 Å². The van der Waals surface area contributed by atoms with Gasteiger partial charge >= 0.3 is 0 Å². The van der Waals surface area contributed by atoms with Crippen molar-refractivity contribution in [2.45, 2.75) is 31.3 Å². The Labute approximate surface area is 50.0 Å². The van der Waals surface area contributed by atoms with Crippen molar-refractivity contribution in [2.24, 2.45) is 0 Å². The molecule has 0 spiro atoms. The zero-order valence-corrected chi connectivity index (χ0v) is 5.02. The molecule has 0 aromatic carbocycles. The van der Waals surface area contributed by atoms with Gasteiger partial charge in [-0.1, -0.05) is 6.08 Å². The first-order chi connectivity index (χ1) is 3.77. The van der Waals surface area contributed by atoms with E-state index in [0.29, 0.717) is 6.42 Å². The fourth-order valence-electron chi connectivity index (χ4n) is 1.04. The van der Waals surface area contributed by atoms with E-state index in [2.05, 4.69) is 6.58 Å². The Kier molecular flexibility index (Phi) is 1.39. The van der Waals surface area contributed by atoms with Gasteiger partial charge < -0.3 is 0 Å². The van der Waals surface area contributed by atoms with Gasteiger partial charge in [0.2, 0.25) is 0 Å². The van der Waals surface area contributed by atoms with E-state index >= 15 is 0 Å². The number of hydrogen-bond donors (Lipinski definition) is 0. The SMILES string of the molecule is C=CCC1([O])CCC1. The molecule has 0 amide bonds. The van der Waals surface area contributed by atoms with Crippen molar-refractivity contribution in [3.05, 3.63) is 12.7 Å². The zero-order valence-electron chi connectivity index (χ0n) is 5.02. The van der Waals surface area contributed by atoms with Gasteiger partial charge in [0.05, 0.1) is 0 Å². The molecule has 0 unspecified atom stereocenters. The maximum Gasteiger partial charge on any atom is 0.107 e. The van der Waals surface area contributed by atoms with E-state index in [9.17, 15) is 5.11 Å². The second-order valence-electron chi connectivity index (χ2n) is 2.53. The van der Waals surface area contributed by atoms with Crippen LogP contribution in [0.2, 0.25) is 0 Å². The number of hydrogen-bond acceptors (Lipinski definition) is 0. The van der Waals surface area contributed by atoms with Gasteiger partial charge in [0, 0.05) is 0 Å². The van der Waals surface area contributed by atoms with Crippen LogP contribution in [0.15, 0.2) is 12.7 Å². The van der Waals surface area contributed by atoms with Gasteiger partial charge in [-0.15, -0.1) is 6.58 Å². The van der Waals surface area contributed by atoms with Crippen LogP contribution >= 0.6 is 0 Å². The van der Waals surface area contributed by atoms with Gasteiger partial charge in [0.15, 0.2) is 0 Å². The summed E-state index contributed by atoms with van der Waals surface area (Å²) in [5.41, 5.74) is -0.595. The molecule has 1 fully saturated rings. The summed E-state index contributed by atoms with van der Waals surface area (Å²) in [5, 5.41) is 11.1. The molecule has 0 aromatic heterocycles. The average Bonchev–Trinajstić information content (AvgIpc) is 1.64. The van der Waals surface area contributed by atoms with Gasteiger partial charge in [-0.25, -0.2) is 5.11 Å². The summed E-state index contributed by atoms with van der Waals surface area (Å²) in [6.07, 6.45) is 5.23. The smallest absolute Gasteiger partial charge is 0.107 e. The molecule has 0 atom stereocenters. The molecule has 0 aliphatic heterocycles. The van der Waals surface area contributed by atoms with Crippen LogP contribution in [0.1, 0.15) is 25.7 Å². The predicted octanol–water partition coefficient (Wildman–Crippen LogP) is 1.92. The quantitative estimate of drug-likeness (QED) is 0.485. The lowest BCUT2D eigenvalue weighted by atomic mass is 9.78. The van der Waals surface area contributed by atoms with Crippen LogP contribution in [-0.4, -0.2) is 5.60 Å². The van der Waals surface area contributed by atoms with E-state index in [1.54, 1.807) is 6.08 Å². The first-order valence-electron chi connectivity index (χ1n) is 3.08. The molecule has 0 N–H and O–H groups in total. The zero-order chi connectivity index (χ0) is 6.04. The van der Waals surface area contributed by atoms with Gasteiger partial charge in [-0.3, -0.25) is 0 Å². The minimum absolute atomic E-state index is 0.595. The van der Waals surface area contributed by atoms with Crippen molar-refractivity contribution in [2.75, 3.05) is 0 Å². The molecule has 0 aromatic rings. The van der Waals surface area contributed by atoms with E-state index < -0.39 is 5.60 Å². The second-order valence-corrected chi connectivity index (χ2v) is 2.53. The molecule has 1 heteroatoms. The highest BCUT2D eigenvalue weighted by molar-refractivity contribution is 4.92. The average molecular weight is 111 g/mol. The monoisotopic (exact) mass is 111 g/mol. The fraction of sp³-hybridized carbons (Fsp3) is 0.714. The maximum atomic E-state index is 11.1. The fourth-order valence-corrected chi connectivity index (χ4v) is 1.04. The predicted molar refractivity (Wildman–Crippen MR) is 32.1 cm³/mol. The van der Waals surface area contributed by atoms with Crippen LogP contribution in [0, 0.1) is 0 Å². The van der Waals surface area contributed by atoms with Gasteiger partial charge in [-0.2, -0.15) is 0 Å². The van der Waals surface area contributed by atoms with Gasteiger partial charge in [0.1, 0.15) is 5.60 Å². The molecule has 8 heavy (non-hydrogen) atoms. The Hall–Kier alpha value is -0.300. The molecule has 1 nitrogen and oxygen atoms in total. The standard InChI is InChI=1S/C7H11O/c1-2-4-7(8)5-3-6-7/h2H,1,3-6H2. The van der Waals surface area contributed by atoms with Crippen molar-refractivity contribution < 1.29 is 5.11 Å². The molecule has 45 valence electrons. The first-order valence-corrected chi connectivity index (χ1v) is 3.08. The third-order valence-electron chi connectivity index (χ3n) is 1.78. The third kappa shape index (κ3) is 0.920. The second kappa shape index (κ2) is 1.90. The van der Waals surface area contributed by atoms with Crippen LogP contribution in [0.25, 0.3) is 0 Å². The topological polar surface area (TPSA) is 19.9 Å². The Morgan fingerprint density at radius 3 is 2.38 bits per heavy atom. The summed E-state index contributed by atoms with van der Waals surface area (Å²) in [5.74, 6) is 0. The molecular weight excluding hydrogens is 100 g/mol. The molecular formula is C7H11O. The van der Waals surface area contributed by atoms with Crippen molar-refractivity contribution in [3.63, 3.8) is 0 Å². The van der Waals surface area contributed by atoms with Crippen LogP contribution in [0.3, 0.4) is 0 Å². The summed E-state index contributed by atoms with van der Waals surface area (Å²) in [4.78, 5) is 0. The summed E-state index contributed by atoms with van der Waals surface area (Å²) in [6.45, 7) is 3.53. The minimum Gasteiger partial charge on any atom is -0.229 e. The van der Waals surface area contributed by atoms with Crippen LogP contribution in [0.5, 0.6) is 0 Å². The molecule has 1 saturated carbocycles. The summed E-state index contributed by atoms with van der Waals surface area (Å²) < 4.78 is 0.